The van der Waals surface area contributed by atoms with Crippen LogP contribution in [0.5, 0.6) is 5.75 Å². The average Bonchev–Trinajstić information content (AvgIpc) is 3.48. The molecule has 0 bridgehead atoms. The molecule has 1 unspecified atom stereocenters. The number of aliphatic hydroxyl groups is 1. The maximum atomic E-state index is 13.3. The lowest BCUT2D eigenvalue weighted by Gasteiger charge is -2.19. The zero-order valence-corrected chi connectivity index (χ0v) is 17.7. The monoisotopic (exact) mass is 444 g/mol. The standard InChI is InChI=1S/C21H24ClF3N2O3/c1-11(2)15-7-17(22)12(3)6-19(15)30-10-14(28)9-27-20(29)16(21(23,24)25)8-18(26-27)13-4-5-13/h6-8,11,13-14,28H,4-5,9-10H2,1-3H3. The van der Waals surface area contributed by atoms with Gasteiger partial charge in [-0.3, -0.25) is 4.79 Å². The summed E-state index contributed by atoms with van der Waals surface area (Å²) in [6.45, 7) is 5.16. The van der Waals surface area contributed by atoms with Gasteiger partial charge in [0.2, 0.25) is 0 Å². The first-order chi connectivity index (χ1) is 14.0. The highest BCUT2D eigenvalue weighted by atomic mass is 35.5. The SMILES string of the molecule is Cc1cc(OCC(O)Cn2nc(C3CC3)cc(C(F)(F)F)c2=O)c(C(C)C)cc1Cl. The largest absolute Gasteiger partial charge is 0.491 e. The molecule has 9 heteroatoms. The molecule has 5 nitrogen and oxygen atoms in total. The van der Waals surface area contributed by atoms with E-state index in [1.807, 2.05) is 20.8 Å². The number of hydrogen-bond acceptors (Lipinski definition) is 4. The smallest absolute Gasteiger partial charge is 0.421 e. The van der Waals surface area contributed by atoms with Crippen molar-refractivity contribution in [1.29, 1.82) is 0 Å². The molecule has 1 fully saturated rings. The Morgan fingerprint density at radius 1 is 1.30 bits per heavy atom. The predicted octanol–water partition coefficient (Wildman–Crippen LogP) is 4.66. The number of rotatable bonds is 7. The van der Waals surface area contributed by atoms with Gasteiger partial charge in [0.05, 0.1) is 12.2 Å². The molecule has 1 heterocycles. The normalized spacial score (nSPS) is 15.5. The van der Waals surface area contributed by atoms with Crippen LogP contribution in [0.2, 0.25) is 5.02 Å². The maximum absolute atomic E-state index is 13.3. The summed E-state index contributed by atoms with van der Waals surface area (Å²) >= 11 is 6.17. The van der Waals surface area contributed by atoms with Gasteiger partial charge in [0, 0.05) is 10.9 Å². The van der Waals surface area contributed by atoms with E-state index in [2.05, 4.69) is 5.10 Å². The lowest BCUT2D eigenvalue weighted by atomic mass is 10.0. The molecule has 1 atom stereocenters. The minimum atomic E-state index is -4.78. The van der Waals surface area contributed by atoms with Gasteiger partial charge < -0.3 is 9.84 Å². The highest BCUT2D eigenvalue weighted by Gasteiger charge is 2.37. The van der Waals surface area contributed by atoms with E-state index in [9.17, 15) is 23.1 Å². The van der Waals surface area contributed by atoms with Crippen LogP contribution >= 0.6 is 11.6 Å². The Balaban J connectivity index is 1.79. The molecule has 0 spiro atoms. The van der Waals surface area contributed by atoms with Gasteiger partial charge >= 0.3 is 6.18 Å². The molecule has 1 aliphatic carbocycles. The summed E-state index contributed by atoms with van der Waals surface area (Å²) in [6, 6.07) is 4.37. The summed E-state index contributed by atoms with van der Waals surface area (Å²) in [5.41, 5.74) is -0.650. The predicted molar refractivity (Wildman–Crippen MR) is 107 cm³/mol. The quantitative estimate of drug-likeness (QED) is 0.674. The van der Waals surface area contributed by atoms with Crippen LogP contribution in [0.15, 0.2) is 23.0 Å². The van der Waals surface area contributed by atoms with Crippen molar-refractivity contribution in [2.45, 2.75) is 64.3 Å². The minimum absolute atomic E-state index is 0.0722. The van der Waals surface area contributed by atoms with E-state index >= 15 is 0 Å². The van der Waals surface area contributed by atoms with Crippen LogP contribution in [0.1, 0.15) is 60.9 Å². The second-order valence-electron chi connectivity index (χ2n) is 8.00. The van der Waals surface area contributed by atoms with Gasteiger partial charge in [-0.2, -0.15) is 18.3 Å². The van der Waals surface area contributed by atoms with Crippen molar-refractivity contribution in [2.75, 3.05) is 6.61 Å². The van der Waals surface area contributed by atoms with Crippen LogP contribution in [0.3, 0.4) is 0 Å². The third-order valence-corrected chi connectivity index (χ3v) is 5.43. The van der Waals surface area contributed by atoms with Gasteiger partial charge in [-0.25, -0.2) is 4.68 Å². The lowest BCUT2D eigenvalue weighted by molar-refractivity contribution is -0.139. The number of nitrogens with zero attached hydrogens (tertiary/aromatic N) is 2. The summed E-state index contributed by atoms with van der Waals surface area (Å²) in [6.07, 6.45) is -4.52. The van der Waals surface area contributed by atoms with Gasteiger partial charge in [0.15, 0.2) is 0 Å². The molecule has 0 aliphatic heterocycles. The molecular formula is C21H24ClF3N2O3. The van der Waals surface area contributed by atoms with E-state index in [4.69, 9.17) is 16.3 Å². The lowest BCUT2D eigenvalue weighted by Crippen LogP contribution is -2.36. The molecule has 3 rings (SSSR count). The number of hydrogen-bond donors (Lipinski definition) is 1. The summed E-state index contributed by atoms with van der Waals surface area (Å²) < 4.78 is 46.2. The molecule has 30 heavy (non-hydrogen) atoms. The Morgan fingerprint density at radius 2 is 1.97 bits per heavy atom. The molecule has 1 aliphatic rings. The molecular weight excluding hydrogens is 421 g/mol. The van der Waals surface area contributed by atoms with Crippen molar-refractivity contribution in [3.8, 4) is 5.75 Å². The van der Waals surface area contributed by atoms with Crippen LogP contribution in [0.25, 0.3) is 0 Å². The van der Waals surface area contributed by atoms with Gasteiger partial charge in [-0.15, -0.1) is 0 Å². The number of halogens is 4. The molecule has 164 valence electrons. The number of benzene rings is 1. The summed E-state index contributed by atoms with van der Waals surface area (Å²) in [7, 11) is 0. The number of ether oxygens (including phenoxy) is 1. The molecule has 1 aromatic heterocycles. The van der Waals surface area contributed by atoms with Crippen molar-refractivity contribution in [2.24, 2.45) is 0 Å². The van der Waals surface area contributed by atoms with E-state index in [1.54, 1.807) is 12.1 Å². The third kappa shape index (κ3) is 5.16. The van der Waals surface area contributed by atoms with E-state index in [-0.39, 0.29) is 24.1 Å². The summed E-state index contributed by atoms with van der Waals surface area (Å²) in [5, 5.41) is 15.0. The number of aliphatic hydroxyl groups excluding tert-OH is 1. The summed E-state index contributed by atoms with van der Waals surface area (Å²) in [5.74, 6) is 0.579. The molecule has 0 saturated heterocycles. The fourth-order valence-corrected chi connectivity index (χ4v) is 3.32. The number of aryl methyl sites for hydroxylation is 1. The fourth-order valence-electron chi connectivity index (χ4n) is 3.15. The first-order valence-corrected chi connectivity index (χ1v) is 10.1. The molecule has 0 amide bonds. The first-order valence-electron chi connectivity index (χ1n) is 9.77. The molecule has 1 saturated carbocycles. The number of aromatic nitrogens is 2. The van der Waals surface area contributed by atoms with Crippen molar-refractivity contribution in [3.05, 3.63) is 56.0 Å². The van der Waals surface area contributed by atoms with Crippen LogP contribution in [-0.4, -0.2) is 27.6 Å². The van der Waals surface area contributed by atoms with Crippen molar-refractivity contribution in [1.82, 2.24) is 9.78 Å². The Kier molecular flexibility index (Phi) is 6.48. The van der Waals surface area contributed by atoms with Gasteiger partial charge in [-0.1, -0.05) is 25.4 Å². The van der Waals surface area contributed by atoms with Crippen molar-refractivity contribution in [3.63, 3.8) is 0 Å². The molecule has 0 radical (unpaired) electrons. The Hall–Kier alpha value is -2.06. The second-order valence-corrected chi connectivity index (χ2v) is 8.41. The average molecular weight is 445 g/mol. The van der Waals surface area contributed by atoms with Crippen LogP contribution < -0.4 is 10.3 Å². The van der Waals surface area contributed by atoms with E-state index in [0.717, 1.165) is 30.0 Å². The third-order valence-electron chi connectivity index (χ3n) is 5.02. The first kappa shape index (κ1) is 22.6. The van der Waals surface area contributed by atoms with Gasteiger partial charge in [0.1, 0.15) is 24.0 Å². The highest BCUT2D eigenvalue weighted by Crippen LogP contribution is 2.40. The minimum Gasteiger partial charge on any atom is -0.491 e. The van der Waals surface area contributed by atoms with Gasteiger partial charge in [-0.05, 0) is 55.0 Å². The van der Waals surface area contributed by atoms with E-state index in [0.29, 0.717) is 15.5 Å². The van der Waals surface area contributed by atoms with E-state index in [1.165, 1.54) is 0 Å². The zero-order valence-electron chi connectivity index (χ0n) is 17.0. The second kappa shape index (κ2) is 8.59. The fraction of sp³-hybridized carbons (Fsp3) is 0.524. The highest BCUT2D eigenvalue weighted by molar-refractivity contribution is 6.31. The Bertz CT molecular complexity index is 985. The van der Waals surface area contributed by atoms with Crippen LogP contribution in [0, 0.1) is 6.92 Å². The Morgan fingerprint density at radius 3 is 2.53 bits per heavy atom. The molecule has 1 N–H and O–H groups in total. The number of alkyl halides is 3. The summed E-state index contributed by atoms with van der Waals surface area (Å²) in [4.78, 5) is 12.3. The zero-order chi connectivity index (χ0) is 22.2. The van der Waals surface area contributed by atoms with Gasteiger partial charge in [0.25, 0.3) is 5.56 Å². The Labute approximate surface area is 177 Å². The van der Waals surface area contributed by atoms with Crippen molar-refractivity contribution >= 4 is 11.6 Å². The van der Waals surface area contributed by atoms with E-state index < -0.39 is 29.9 Å². The van der Waals surface area contributed by atoms with Crippen LogP contribution in [0.4, 0.5) is 13.2 Å². The molecule has 1 aromatic carbocycles. The van der Waals surface area contributed by atoms with Crippen molar-refractivity contribution < 1.29 is 23.0 Å². The van der Waals surface area contributed by atoms with Crippen LogP contribution in [-0.2, 0) is 12.7 Å². The topological polar surface area (TPSA) is 64.3 Å². The maximum Gasteiger partial charge on any atom is 0.421 e. The molecule has 2 aromatic rings.